The van der Waals surface area contributed by atoms with Gasteiger partial charge in [-0.2, -0.15) is 0 Å². The van der Waals surface area contributed by atoms with Crippen LogP contribution in [0.5, 0.6) is 0 Å². The molecule has 0 unspecified atom stereocenters. The maximum absolute atomic E-state index is 12.8. The van der Waals surface area contributed by atoms with Crippen LogP contribution in [0.15, 0.2) is 18.2 Å². The number of benzene rings is 1. The molecule has 3 amide bonds. The SMILES string of the molecule is CC(=O)N1CCCN(C(=O)c2ccc3c(c2)CCC(=O)N3C)CC1. The van der Waals surface area contributed by atoms with E-state index in [2.05, 4.69) is 0 Å². The summed E-state index contributed by atoms with van der Waals surface area (Å²) in [7, 11) is 1.77. The number of carbonyl (C=O) groups excluding carboxylic acids is 3. The fraction of sp³-hybridized carbons (Fsp3) is 0.500. The number of carbonyl (C=O) groups is 3. The van der Waals surface area contributed by atoms with Crippen LogP contribution in [0.1, 0.15) is 35.7 Å². The number of rotatable bonds is 1. The van der Waals surface area contributed by atoms with Crippen LogP contribution in [0, 0.1) is 0 Å². The first kappa shape index (κ1) is 16.5. The molecule has 0 aliphatic carbocycles. The molecule has 3 rings (SSSR count). The lowest BCUT2D eigenvalue weighted by atomic mass is 9.98. The Morgan fingerprint density at radius 1 is 1.00 bits per heavy atom. The van der Waals surface area contributed by atoms with Crippen LogP contribution in [-0.4, -0.2) is 60.7 Å². The van der Waals surface area contributed by atoms with E-state index in [-0.39, 0.29) is 17.7 Å². The van der Waals surface area contributed by atoms with Crippen LogP contribution in [0.25, 0.3) is 0 Å². The molecule has 2 heterocycles. The minimum atomic E-state index is 0.00255. The third-order valence-corrected chi connectivity index (χ3v) is 4.90. The molecular weight excluding hydrogens is 306 g/mol. The predicted molar refractivity (Wildman–Crippen MR) is 90.9 cm³/mol. The van der Waals surface area contributed by atoms with Crippen molar-refractivity contribution in [2.75, 3.05) is 38.1 Å². The van der Waals surface area contributed by atoms with Crippen LogP contribution in [0.2, 0.25) is 0 Å². The topological polar surface area (TPSA) is 60.9 Å². The maximum Gasteiger partial charge on any atom is 0.253 e. The van der Waals surface area contributed by atoms with E-state index in [9.17, 15) is 14.4 Å². The van der Waals surface area contributed by atoms with E-state index in [1.54, 1.807) is 29.8 Å². The summed E-state index contributed by atoms with van der Waals surface area (Å²) in [6.07, 6.45) is 1.96. The number of anilines is 1. The number of hydrogen-bond donors (Lipinski definition) is 0. The Morgan fingerprint density at radius 3 is 2.46 bits per heavy atom. The highest BCUT2D eigenvalue weighted by atomic mass is 16.2. The summed E-state index contributed by atoms with van der Waals surface area (Å²) in [5.74, 6) is 0.173. The highest BCUT2D eigenvalue weighted by molar-refractivity contribution is 5.99. The van der Waals surface area contributed by atoms with Crippen LogP contribution in [0.3, 0.4) is 0 Å². The van der Waals surface area contributed by atoms with Gasteiger partial charge in [-0.25, -0.2) is 0 Å². The van der Waals surface area contributed by atoms with Crippen LogP contribution in [0.4, 0.5) is 5.69 Å². The van der Waals surface area contributed by atoms with Crippen molar-refractivity contribution in [1.29, 1.82) is 0 Å². The summed E-state index contributed by atoms with van der Waals surface area (Å²) in [4.78, 5) is 41.3. The lowest BCUT2D eigenvalue weighted by Gasteiger charge is -2.27. The van der Waals surface area contributed by atoms with Crippen LogP contribution in [-0.2, 0) is 16.0 Å². The molecule has 0 spiro atoms. The largest absolute Gasteiger partial charge is 0.341 e. The molecular formula is C18H23N3O3. The van der Waals surface area contributed by atoms with Gasteiger partial charge < -0.3 is 14.7 Å². The first-order chi connectivity index (χ1) is 11.5. The monoisotopic (exact) mass is 329 g/mol. The molecule has 128 valence electrons. The van der Waals surface area contributed by atoms with Gasteiger partial charge in [0.2, 0.25) is 11.8 Å². The zero-order valence-electron chi connectivity index (χ0n) is 14.2. The van der Waals surface area contributed by atoms with Gasteiger partial charge in [0.1, 0.15) is 0 Å². The average Bonchev–Trinajstić information content (AvgIpc) is 2.83. The zero-order chi connectivity index (χ0) is 17.3. The van der Waals surface area contributed by atoms with Gasteiger partial charge in [-0.05, 0) is 36.6 Å². The molecule has 1 aromatic carbocycles. The second-order valence-electron chi connectivity index (χ2n) is 6.45. The van der Waals surface area contributed by atoms with Crippen molar-refractivity contribution in [3.63, 3.8) is 0 Å². The van der Waals surface area contributed by atoms with Crippen molar-refractivity contribution in [2.24, 2.45) is 0 Å². The first-order valence-corrected chi connectivity index (χ1v) is 8.41. The van der Waals surface area contributed by atoms with Gasteiger partial charge in [0.05, 0.1) is 0 Å². The van der Waals surface area contributed by atoms with E-state index < -0.39 is 0 Å². The Labute approximate surface area is 142 Å². The van der Waals surface area contributed by atoms with Gasteiger partial charge in [0.15, 0.2) is 0 Å². The van der Waals surface area contributed by atoms with Gasteiger partial charge in [-0.15, -0.1) is 0 Å². The average molecular weight is 329 g/mol. The number of fused-ring (bicyclic) bond motifs is 1. The summed E-state index contributed by atoms with van der Waals surface area (Å²) in [6, 6.07) is 5.57. The molecule has 1 saturated heterocycles. The Morgan fingerprint density at radius 2 is 1.71 bits per heavy atom. The molecule has 24 heavy (non-hydrogen) atoms. The second-order valence-corrected chi connectivity index (χ2v) is 6.45. The van der Waals surface area contributed by atoms with Crippen LogP contribution < -0.4 is 4.90 Å². The lowest BCUT2D eigenvalue weighted by Crippen LogP contribution is -2.36. The number of hydrogen-bond acceptors (Lipinski definition) is 3. The molecule has 0 atom stereocenters. The smallest absolute Gasteiger partial charge is 0.253 e. The van der Waals surface area contributed by atoms with Gasteiger partial charge in [0, 0.05) is 57.8 Å². The van der Waals surface area contributed by atoms with Gasteiger partial charge in [-0.1, -0.05) is 0 Å². The zero-order valence-corrected chi connectivity index (χ0v) is 14.2. The molecule has 1 aromatic rings. The standard InChI is InChI=1S/C18H23N3O3/c1-13(22)20-8-3-9-21(11-10-20)18(24)15-4-6-16-14(12-15)5-7-17(23)19(16)2/h4,6,12H,3,5,7-11H2,1-2H3. The minimum absolute atomic E-state index is 0.00255. The fourth-order valence-corrected chi connectivity index (χ4v) is 3.41. The summed E-state index contributed by atoms with van der Waals surface area (Å²) in [6.45, 7) is 4.09. The van der Waals surface area contributed by atoms with Gasteiger partial charge in [-0.3, -0.25) is 14.4 Å². The number of nitrogens with zero attached hydrogens (tertiary/aromatic N) is 3. The Bertz CT molecular complexity index is 686. The summed E-state index contributed by atoms with van der Waals surface area (Å²) in [5, 5.41) is 0. The molecule has 0 saturated carbocycles. The molecule has 2 aliphatic heterocycles. The predicted octanol–water partition coefficient (Wildman–Crippen LogP) is 1.29. The number of aryl methyl sites for hydroxylation is 1. The number of amides is 3. The van der Waals surface area contributed by atoms with E-state index >= 15 is 0 Å². The second kappa shape index (κ2) is 6.63. The summed E-state index contributed by atoms with van der Waals surface area (Å²) < 4.78 is 0. The molecule has 6 heteroatoms. The van der Waals surface area contributed by atoms with Crippen molar-refractivity contribution < 1.29 is 14.4 Å². The Balaban J connectivity index is 1.76. The van der Waals surface area contributed by atoms with Crippen molar-refractivity contribution in [1.82, 2.24) is 9.80 Å². The van der Waals surface area contributed by atoms with E-state index in [4.69, 9.17) is 0 Å². The Hall–Kier alpha value is -2.37. The van der Waals surface area contributed by atoms with Crippen molar-refractivity contribution in [3.05, 3.63) is 29.3 Å². The molecule has 0 bridgehead atoms. The maximum atomic E-state index is 12.8. The van der Waals surface area contributed by atoms with Crippen molar-refractivity contribution in [2.45, 2.75) is 26.2 Å². The normalized spacial score (nSPS) is 18.2. The molecule has 0 radical (unpaired) electrons. The van der Waals surface area contributed by atoms with Gasteiger partial charge >= 0.3 is 0 Å². The van der Waals surface area contributed by atoms with Crippen LogP contribution >= 0.6 is 0 Å². The molecule has 1 fully saturated rings. The van der Waals surface area contributed by atoms with E-state index in [0.29, 0.717) is 44.6 Å². The Kier molecular flexibility index (Phi) is 4.55. The highest BCUT2D eigenvalue weighted by Gasteiger charge is 2.25. The molecule has 0 aromatic heterocycles. The summed E-state index contributed by atoms with van der Waals surface area (Å²) >= 11 is 0. The van der Waals surface area contributed by atoms with E-state index in [1.807, 2.05) is 17.0 Å². The van der Waals surface area contributed by atoms with Crippen molar-refractivity contribution in [3.8, 4) is 0 Å². The lowest BCUT2D eigenvalue weighted by molar-refractivity contribution is -0.128. The minimum Gasteiger partial charge on any atom is -0.341 e. The molecule has 2 aliphatic rings. The van der Waals surface area contributed by atoms with Crippen molar-refractivity contribution >= 4 is 23.4 Å². The van der Waals surface area contributed by atoms with Gasteiger partial charge in [0.25, 0.3) is 5.91 Å². The highest BCUT2D eigenvalue weighted by Crippen LogP contribution is 2.28. The first-order valence-electron chi connectivity index (χ1n) is 8.41. The fourth-order valence-electron chi connectivity index (χ4n) is 3.41. The van der Waals surface area contributed by atoms with E-state index in [1.165, 1.54) is 0 Å². The summed E-state index contributed by atoms with van der Waals surface area (Å²) in [5.41, 5.74) is 2.59. The third-order valence-electron chi connectivity index (χ3n) is 4.90. The third kappa shape index (κ3) is 3.13. The molecule has 0 N–H and O–H groups in total. The van der Waals surface area contributed by atoms with E-state index in [0.717, 1.165) is 17.7 Å². The quantitative estimate of drug-likeness (QED) is 0.780. The molecule has 6 nitrogen and oxygen atoms in total.